The molecule has 82 valence electrons. The molecule has 0 saturated heterocycles. The van der Waals surface area contributed by atoms with Crippen molar-refractivity contribution in [3.63, 3.8) is 0 Å². The molecule has 1 saturated carbocycles. The van der Waals surface area contributed by atoms with E-state index >= 15 is 0 Å². The molecule has 0 bridgehead atoms. The van der Waals surface area contributed by atoms with Crippen LogP contribution < -0.4 is 5.73 Å². The normalized spacial score (nSPS) is 18.4. The van der Waals surface area contributed by atoms with Gasteiger partial charge in [-0.1, -0.05) is 0 Å². The molecule has 0 unspecified atom stereocenters. The van der Waals surface area contributed by atoms with Crippen molar-refractivity contribution >= 4 is 5.91 Å². The van der Waals surface area contributed by atoms with Crippen molar-refractivity contribution in [1.29, 1.82) is 0 Å². The summed E-state index contributed by atoms with van der Waals surface area (Å²) in [6, 6.07) is 0. The van der Waals surface area contributed by atoms with Gasteiger partial charge >= 0.3 is 0 Å². The molecule has 1 amide bonds. The van der Waals surface area contributed by atoms with Gasteiger partial charge in [-0.25, -0.2) is 0 Å². The number of ether oxygens (including phenoxy) is 1. The summed E-state index contributed by atoms with van der Waals surface area (Å²) < 4.78 is 5.36. The number of nitrogens with zero attached hydrogens (tertiary/aromatic N) is 1. The molecule has 1 rings (SSSR count). The second-order valence-corrected chi connectivity index (χ2v) is 4.30. The molecule has 0 atom stereocenters. The topological polar surface area (TPSA) is 55.6 Å². The van der Waals surface area contributed by atoms with Crippen molar-refractivity contribution in [3.8, 4) is 0 Å². The highest BCUT2D eigenvalue weighted by Crippen LogP contribution is 2.33. The molecule has 14 heavy (non-hydrogen) atoms. The van der Waals surface area contributed by atoms with Crippen LogP contribution in [0, 0.1) is 0 Å². The minimum atomic E-state index is -0.549. The Balaban J connectivity index is 2.21. The Kier molecular flexibility index (Phi) is 3.50. The van der Waals surface area contributed by atoms with Crippen molar-refractivity contribution in [3.05, 3.63) is 0 Å². The molecular weight excluding hydrogens is 180 g/mol. The monoisotopic (exact) mass is 200 g/mol. The van der Waals surface area contributed by atoms with E-state index in [4.69, 9.17) is 10.5 Å². The summed E-state index contributed by atoms with van der Waals surface area (Å²) in [7, 11) is 1.78. The van der Waals surface area contributed by atoms with Crippen molar-refractivity contribution in [2.75, 3.05) is 20.2 Å². The van der Waals surface area contributed by atoms with Gasteiger partial charge in [0.05, 0.1) is 18.2 Å². The molecule has 0 aliphatic heterocycles. The van der Waals surface area contributed by atoms with Crippen LogP contribution in [0.3, 0.4) is 0 Å². The van der Waals surface area contributed by atoms with E-state index in [2.05, 4.69) is 0 Å². The van der Waals surface area contributed by atoms with Crippen LogP contribution in [-0.4, -0.2) is 42.6 Å². The van der Waals surface area contributed by atoms with Gasteiger partial charge in [-0.2, -0.15) is 0 Å². The Hall–Kier alpha value is -0.610. The van der Waals surface area contributed by atoms with Crippen molar-refractivity contribution in [1.82, 2.24) is 4.90 Å². The van der Waals surface area contributed by atoms with E-state index in [1.165, 1.54) is 0 Å². The highest BCUT2D eigenvalue weighted by Gasteiger charge is 2.47. The largest absolute Gasteiger partial charge is 0.377 e. The first-order chi connectivity index (χ1) is 6.46. The summed E-state index contributed by atoms with van der Waals surface area (Å²) in [5, 5.41) is 0. The van der Waals surface area contributed by atoms with Crippen molar-refractivity contribution in [2.45, 2.75) is 38.3 Å². The summed E-state index contributed by atoms with van der Waals surface area (Å²) >= 11 is 0. The van der Waals surface area contributed by atoms with Gasteiger partial charge in [0.15, 0.2) is 0 Å². The summed E-state index contributed by atoms with van der Waals surface area (Å²) in [5.74, 6) is 0.0462. The van der Waals surface area contributed by atoms with Crippen LogP contribution in [0.15, 0.2) is 0 Å². The molecule has 0 aromatic rings. The van der Waals surface area contributed by atoms with E-state index in [1.54, 1.807) is 11.9 Å². The third-order valence-corrected chi connectivity index (χ3v) is 2.44. The molecule has 0 radical (unpaired) electrons. The third-order valence-electron chi connectivity index (χ3n) is 2.44. The lowest BCUT2D eigenvalue weighted by molar-refractivity contribution is -0.133. The lowest BCUT2D eigenvalue weighted by Crippen LogP contribution is -2.45. The fourth-order valence-corrected chi connectivity index (χ4v) is 1.26. The van der Waals surface area contributed by atoms with Crippen molar-refractivity contribution in [2.24, 2.45) is 5.73 Å². The van der Waals surface area contributed by atoms with E-state index in [-0.39, 0.29) is 12.0 Å². The predicted molar refractivity (Wildman–Crippen MR) is 54.9 cm³/mol. The first kappa shape index (κ1) is 11.5. The van der Waals surface area contributed by atoms with Crippen LogP contribution in [0.5, 0.6) is 0 Å². The number of hydrogen-bond donors (Lipinski definition) is 1. The van der Waals surface area contributed by atoms with Crippen molar-refractivity contribution < 1.29 is 9.53 Å². The average Bonchev–Trinajstić information content (AvgIpc) is 2.83. The molecule has 0 aromatic heterocycles. The van der Waals surface area contributed by atoms with Gasteiger partial charge in [0, 0.05) is 13.6 Å². The van der Waals surface area contributed by atoms with E-state index in [1.807, 2.05) is 13.8 Å². The fraction of sp³-hybridized carbons (Fsp3) is 0.900. The Morgan fingerprint density at radius 1 is 1.57 bits per heavy atom. The lowest BCUT2D eigenvalue weighted by atomic mass is 10.2. The molecule has 1 fully saturated rings. The van der Waals surface area contributed by atoms with Gasteiger partial charge in [0.25, 0.3) is 0 Å². The Labute approximate surface area is 85.4 Å². The molecule has 1 aliphatic rings. The van der Waals surface area contributed by atoms with E-state index in [9.17, 15) is 4.79 Å². The lowest BCUT2D eigenvalue weighted by Gasteiger charge is -2.21. The Morgan fingerprint density at radius 2 is 2.14 bits per heavy atom. The number of amides is 1. The zero-order valence-corrected chi connectivity index (χ0v) is 9.25. The van der Waals surface area contributed by atoms with Crippen LogP contribution in [0.4, 0.5) is 0 Å². The number of hydrogen-bond acceptors (Lipinski definition) is 3. The summed E-state index contributed by atoms with van der Waals surface area (Å²) in [6.45, 7) is 5.16. The van der Waals surface area contributed by atoms with Crippen LogP contribution in [0.25, 0.3) is 0 Å². The first-order valence-electron chi connectivity index (χ1n) is 5.12. The SMILES string of the molecule is CC(C)OCCN(C)C(=O)C1(N)CC1. The minimum Gasteiger partial charge on any atom is -0.377 e. The maximum atomic E-state index is 11.6. The molecule has 0 heterocycles. The number of carbonyl (C=O) groups is 1. The number of rotatable bonds is 5. The maximum Gasteiger partial charge on any atom is 0.242 e. The molecular formula is C10H20N2O2. The minimum absolute atomic E-state index is 0.0462. The summed E-state index contributed by atoms with van der Waals surface area (Å²) in [4.78, 5) is 13.3. The van der Waals surface area contributed by atoms with Crippen LogP contribution in [0.1, 0.15) is 26.7 Å². The summed E-state index contributed by atoms with van der Waals surface area (Å²) in [6.07, 6.45) is 1.86. The maximum absolute atomic E-state index is 11.6. The second-order valence-electron chi connectivity index (χ2n) is 4.30. The first-order valence-corrected chi connectivity index (χ1v) is 5.12. The Morgan fingerprint density at radius 3 is 2.57 bits per heavy atom. The second kappa shape index (κ2) is 4.28. The zero-order chi connectivity index (χ0) is 10.8. The average molecular weight is 200 g/mol. The summed E-state index contributed by atoms with van der Waals surface area (Å²) in [5.41, 5.74) is 5.24. The molecule has 2 N–H and O–H groups in total. The Bertz CT molecular complexity index is 212. The number of likely N-dealkylation sites (N-methyl/N-ethyl adjacent to an activating group) is 1. The van der Waals surface area contributed by atoms with Crippen LogP contribution in [-0.2, 0) is 9.53 Å². The molecule has 4 nitrogen and oxygen atoms in total. The molecule has 1 aliphatic carbocycles. The van der Waals surface area contributed by atoms with Gasteiger partial charge in [-0.05, 0) is 26.7 Å². The van der Waals surface area contributed by atoms with Gasteiger partial charge in [0.2, 0.25) is 5.91 Å². The quantitative estimate of drug-likeness (QED) is 0.697. The van der Waals surface area contributed by atoms with Gasteiger partial charge in [-0.15, -0.1) is 0 Å². The van der Waals surface area contributed by atoms with E-state index in [0.717, 1.165) is 12.8 Å². The smallest absolute Gasteiger partial charge is 0.242 e. The highest BCUT2D eigenvalue weighted by molar-refractivity contribution is 5.88. The van der Waals surface area contributed by atoms with E-state index < -0.39 is 5.54 Å². The zero-order valence-electron chi connectivity index (χ0n) is 9.25. The standard InChI is InChI=1S/C10H20N2O2/c1-8(2)14-7-6-12(3)9(13)10(11)4-5-10/h8H,4-7,11H2,1-3H3. The fourth-order valence-electron chi connectivity index (χ4n) is 1.26. The highest BCUT2D eigenvalue weighted by atomic mass is 16.5. The molecule has 0 aromatic carbocycles. The van der Waals surface area contributed by atoms with E-state index in [0.29, 0.717) is 13.2 Å². The van der Waals surface area contributed by atoms with Crippen LogP contribution >= 0.6 is 0 Å². The third kappa shape index (κ3) is 2.96. The predicted octanol–water partition coefficient (Wildman–Crippen LogP) is 0.361. The van der Waals surface area contributed by atoms with Gasteiger partial charge in [0.1, 0.15) is 0 Å². The number of carbonyl (C=O) groups excluding carboxylic acids is 1. The van der Waals surface area contributed by atoms with Gasteiger partial charge < -0.3 is 15.4 Å². The molecule has 4 heteroatoms. The number of nitrogens with two attached hydrogens (primary N) is 1. The van der Waals surface area contributed by atoms with Gasteiger partial charge in [-0.3, -0.25) is 4.79 Å². The molecule has 0 spiro atoms. The van der Waals surface area contributed by atoms with Crippen LogP contribution in [0.2, 0.25) is 0 Å².